The predicted molar refractivity (Wildman–Crippen MR) is 85.9 cm³/mol. The molecule has 1 amide bonds. The van der Waals surface area contributed by atoms with Gasteiger partial charge in [0.2, 0.25) is 5.91 Å². The van der Waals surface area contributed by atoms with Crippen molar-refractivity contribution in [3.8, 4) is 5.75 Å². The molecule has 6 heteroatoms. The smallest absolute Gasteiger partial charge is 0.241 e. The second-order valence-electron chi connectivity index (χ2n) is 5.63. The van der Waals surface area contributed by atoms with Gasteiger partial charge in [-0.2, -0.15) is 5.10 Å². The molecule has 0 unspecified atom stereocenters. The van der Waals surface area contributed by atoms with Crippen molar-refractivity contribution < 1.29 is 9.53 Å². The van der Waals surface area contributed by atoms with Crippen LogP contribution in [0, 0.1) is 0 Å². The molecule has 0 fully saturated rings. The maximum Gasteiger partial charge on any atom is 0.241 e. The minimum absolute atomic E-state index is 0.0811. The Labute approximate surface area is 130 Å². The molecule has 0 aliphatic heterocycles. The average molecular weight is 302 g/mol. The molecule has 0 atom stereocenters. The third-order valence-electron chi connectivity index (χ3n) is 3.07. The Morgan fingerprint density at radius 1 is 1.32 bits per heavy atom. The number of nitrogens with zero attached hydrogens (tertiary/aromatic N) is 2. The Bertz CT molecular complexity index is 608. The molecule has 2 aromatic rings. The maximum atomic E-state index is 11.3. The molecule has 1 aromatic carbocycles. The number of anilines is 1. The number of aromatic nitrogens is 2. The second kappa shape index (κ2) is 6.98. The van der Waals surface area contributed by atoms with Crippen LogP contribution < -0.4 is 15.4 Å². The van der Waals surface area contributed by atoms with Gasteiger partial charge in [-0.25, -0.2) is 0 Å². The standard InChI is InChI=1S/C16H22N4O2/c1-16(2,22-14-7-5-4-6-8-14)12-18-13-9-19-20(10-13)11-15(21)17-3/h4-10,18H,11-12H2,1-3H3,(H,17,21). The highest BCUT2D eigenvalue weighted by Gasteiger charge is 2.19. The minimum Gasteiger partial charge on any atom is -0.486 e. The van der Waals surface area contributed by atoms with E-state index in [1.165, 1.54) is 0 Å². The second-order valence-corrected chi connectivity index (χ2v) is 5.63. The lowest BCUT2D eigenvalue weighted by atomic mass is 10.1. The van der Waals surface area contributed by atoms with Gasteiger partial charge in [-0.15, -0.1) is 0 Å². The van der Waals surface area contributed by atoms with Crippen molar-refractivity contribution in [3.05, 3.63) is 42.7 Å². The lowest BCUT2D eigenvalue weighted by molar-refractivity contribution is -0.121. The van der Waals surface area contributed by atoms with Gasteiger partial charge < -0.3 is 15.4 Å². The number of amides is 1. The normalized spacial score (nSPS) is 11.0. The Morgan fingerprint density at radius 2 is 2.05 bits per heavy atom. The zero-order valence-corrected chi connectivity index (χ0v) is 13.2. The molecule has 6 nitrogen and oxygen atoms in total. The minimum atomic E-state index is -0.371. The molecule has 2 rings (SSSR count). The van der Waals surface area contributed by atoms with Crippen LogP contribution in [0.2, 0.25) is 0 Å². The summed E-state index contributed by atoms with van der Waals surface area (Å²) in [5.74, 6) is 0.756. The van der Waals surface area contributed by atoms with Gasteiger partial charge in [-0.3, -0.25) is 9.48 Å². The first-order chi connectivity index (χ1) is 10.5. The number of likely N-dealkylation sites (N-methyl/N-ethyl adjacent to an activating group) is 1. The Morgan fingerprint density at radius 3 is 2.73 bits per heavy atom. The summed E-state index contributed by atoms with van der Waals surface area (Å²) in [7, 11) is 1.61. The van der Waals surface area contributed by atoms with Crippen LogP contribution in [0.5, 0.6) is 5.75 Å². The van der Waals surface area contributed by atoms with Crippen molar-refractivity contribution >= 4 is 11.6 Å². The summed E-state index contributed by atoms with van der Waals surface area (Å²) >= 11 is 0. The van der Waals surface area contributed by atoms with Crippen molar-refractivity contribution in [2.75, 3.05) is 18.9 Å². The molecule has 22 heavy (non-hydrogen) atoms. The van der Waals surface area contributed by atoms with Gasteiger partial charge in [0.05, 0.1) is 18.4 Å². The van der Waals surface area contributed by atoms with Gasteiger partial charge in [0.15, 0.2) is 0 Å². The van der Waals surface area contributed by atoms with E-state index < -0.39 is 0 Å². The fraction of sp³-hybridized carbons (Fsp3) is 0.375. The first-order valence-electron chi connectivity index (χ1n) is 7.19. The van der Waals surface area contributed by atoms with Gasteiger partial charge in [0, 0.05) is 13.2 Å². The predicted octanol–water partition coefficient (Wildman–Crippen LogP) is 1.90. The van der Waals surface area contributed by atoms with Crippen LogP contribution in [-0.4, -0.2) is 34.9 Å². The quantitative estimate of drug-likeness (QED) is 0.819. The van der Waals surface area contributed by atoms with Crippen molar-refractivity contribution in [2.24, 2.45) is 0 Å². The number of rotatable bonds is 7. The molecule has 2 N–H and O–H groups in total. The summed E-state index contributed by atoms with van der Waals surface area (Å²) in [5, 5.41) is 9.98. The molecule has 0 saturated heterocycles. The summed E-state index contributed by atoms with van der Waals surface area (Å²) in [5.41, 5.74) is 0.484. The maximum absolute atomic E-state index is 11.3. The third kappa shape index (κ3) is 4.80. The van der Waals surface area contributed by atoms with Crippen molar-refractivity contribution in [1.82, 2.24) is 15.1 Å². The molecule has 0 radical (unpaired) electrons. The zero-order chi connectivity index (χ0) is 16.0. The highest BCUT2D eigenvalue weighted by Crippen LogP contribution is 2.18. The Balaban J connectivity index is 1.87. The highest BCUT2D eigenvalue weighted by atomic mass is 16.5. The van der Waals surface area contributed by atoms with Gasteiger partial charge in [-0.05, 0) is 26.0 Å². The van der Waals surface area contributed by atoms with Gasteiger partial charge in [0.25, 0.3) is 0 Å². The number of carbonyl (C=O) groups excluding carboxylic acids is 1. The van der Waals surface area contributed by atoms with Crippen LogP contribution in [0.25, 0.3) is 0 Å². The Kier molecular flexibility index (Phi) is 5.04. The van der Waals surface area contributed by atoms with Crippen LogP contribution in [0.4, 0.5) is 5.69 Å². The summed E-state index contributed by atoms with van der Waals surface area (Å²) in [6, 6.07) is 9.72. The zero-order valence-electron chi connectivity index (χ0n) is 13.2. The van der Waals surface area contributed by atoms with Crippen molar-refractivity contribution in [3.63, 3.8) is 0 Å². The van der Waals surface area contributed by atoms with E-state index in [2.05, 4.69) is 15.7 Å². The lowest BCUT2D eigenvalue weighted by Gasteiger charge is -2.26. The first kappa shape index (κ1) is 15.9. The van der Waals surface area contributed by atoms with Crippen LogP contribution in [0.3, 0.4) is 0 Å². The average Bonchev–Trinajstić information content (AvgIpc) is 2.93. The topological polar surface area (TPSA) is 68.2 Å². The fourth-order valence-electron chi connectivity index (χ4n) is 1.93. The molecule has 0 spiro atoms. The molecule has 0 aliphatic carbocycles. The van der Waals surface area contributed by atoms with Crippen molar-refractivity contribution in [2.45, 2.75) is 26.0 Å². The van der Waals surface area contributed by atoms with E-state index >= 15 is 0 Å². The molecular formula is C16H22N4O2. The number of hydrogen-bond acceptors (Lipinski definition) is 4. The number of para-hydroxylation sites is 1. The van der Waals surface area contributed by atoms with E-state index in [-0.39, 0.29) is 18.1 Å². The van der Waals surface area contributed by atoms with Crippen LogP contribution >= 0.6 is 0 Å². The highest BCUT2D eigenvalue weighted by molar-refractivity contribution is 5.75. The summed E-state index contributed by atoms with van der Waals surface area (Å²) in [4.78, 5) is 11.3. The Hall–Kier alpha value is -2.50. The van der Waals surface area contributed by atoms with Crippen molar-refractivity contribution in [1.29, 1.82) is 0 Å². The fourth-order valence-corrected chi connectivity index (χ4v) is 1.93. The summed E-state index contributed by atoms with van der Waals surface area (Å²) < 4.78 is 7.55. The molecule has 0 bridgehead atoms. The van der Waals surface area contributed by atoms with Crippen LogP contribution in [-0.2, 0) is 11.3 Å². The number of nitrogens with one attached hydrogen (secondary N) is 2. The summed E-state index contributed by atoms with van der Waals surface area (Å²) in [6.45, 7) is 4.86. The number of hydrogen-bond donors (Lipinski definition) is 2. The third-order valence-corrected chi connectivity index (χ3v) is 3.07. The largest absolute Gasteiger partial charge is 0.486 e. The lowest BCUT2D eigenvalue weighted by Crippen LogP contribution is -2.36. The molecule has 118 valence electrons. The SMILES string of the molecule is CNC(=O)Cn1cc(NCC(C)(C)Oc2ccccc2)cn1. The van der Waals surface area contributed by atoms with E-state index in [4.69, 9.17) is 4.74 Å². The van der Waals surface area contributed by atoms with E-state index in [1.807, 2.05) is 44.2 Å². The van der Waals surface area contributed by atoms with Crippen LogP contribution in [0.15, 0.2) is 42.7 Å². The molecular weight excluding hydrogens is 280 g/mol. The van der Waals surface area contributed by atoms with Gasteiger partial charge >= 0.3 is 0 Å². The molecule has 0 saturated carbocycles. The molecule has 1 heterocycles. The van der Waals surface area contributed by atoms with E-state index in [1.54, 1.807) is 24.1 Å². The van der Waals surface area contributed by atoms with E-state index in [0.29, 0.717) is 6.54 Å². The molecule has 1 aromatic heterocycles. The van der Waals surface area contributed by atoms with Crippen LogP contribution in [0.1, 0.15) is 13.8 Å². The van der Waals surface area contributed by atoms with Gasteiger partial charge in [0.1, 0.15) is 17.9 Å². The van der Waals surface area contributed by atoms with E-state index in [9.17, 15) is 4.79 Å². The number of ether oxygens (including phenoxy) is 1. The summed E-state index contributed by atoms with van der Waals surface area (Å²) in [6.07, 6.45) is 3.50. The van der Waals surface area contributed by atoms with Gasteiger partial charge in [-0.1, -0.05) is 18.2 Å². The monoisotopic (exact) mass is 302 g/mol. The number of benzene rings is 1. The van der Waals surface area contributed by atoms with E-state index in [0.717, 1.165) is 11.4 Å². The first-order valence-corrected chi connectivity index (χ1v) is 7.19. The molecule has 0 aliphatic rings. The number of carbonyl (C=O) groups is 1.